The summed E-state index contributed by atoms with van der Waals surface area (Å²) in [5.74, 6) is -0.361. The number of carboxylic acid groups (broad SMARTS) is 1. The molecule has 0 aromatic carbocycles. The zero-order chi connectivity index (χ0) is 13.8. The van der Waals surface area contributed by atoms with Gasteiger partial charge in [0.05, 0.1) is 23.7 Å². The van der Waals surface area contributed by atoms with Crippen LogP contribution in [0.4, 0.5) is 0 Å². The van der Waals surface area contributed by atoms with Crippen LogP contribution in [0.25, 0.3) is 10.9 Å². The molecule has 2 aromatic heterocycles. The number of hydrogen-bond donors (Lipinski definition) is 1. The van der Waals surface area contributed by atoms with Crippen molar-refractivity contribution in [2.45, 2.75) is 26.3 Å². The standard InChI is InChI=1S/C12H14ClN3O3/c1-2-19-12-8-7-14-16(5-3-4-11(17)18)9(8)6-10(13)15-12/h6-7H,2-5H2,1H3,(H,17,18). The van der Waals surface area contributed by atoms with E-state index in [0.717, 1.165) is 10.9 Å². The van der Waals surface area contributed by atoms with Gasteiger partial charge < -0.3 is 9.84 Å². The molecule has 0 saturated carbocycles. The summed E-state index contributed by atoms with van der Waals surface area (Å²) in [7, 11) is 0. The summed E-state index contributed by atoms with van der Waals surface area (Å²) in [5, 5.41) is 14.0. The molecule has 0 aliphatic heterocycles. The molecule has 2 heterocycles. The van der Waals surface area contributed by atoms with Crippen molar-refractivity contribution in [1.29, 1.82) is 0 Å². The SMILES string of the molecule is CCOc1nc(Cl)cc2c1cnn2CCCC(=O)O. The molecule has 0 aliphatic carbocycles. The van der Waals surface area contributed by atoms with Gasteiger partial charge in [0.15, 0.2) is 0 Å². The van der Waals surface area contributed by atoms with Crippen LogP contribution in [-0.2, 0) is 11.3 Å². The smallest absolute Gasteiger partial charge is 0.303 e. The second-order valence-corrected chi connectivity index (χ2v) is 4.37. The first kappa shape index (κ1) is 13.6. The Morgan fingerprint density at radius 2 is 2.37 bits per heavy atom. The van der Waals surface area contributed by atoms with Crippen molar-refractivity contribution in [3.05, 3.63) is 17.4 Å². The van der Waals surface area contributed by atoms with Crippen LogP contribution in [0.3, 0.4) is 0 Å². The van der Waals surface area contributed by atoms with Gasteiger partial charge in [-0.05, 0) is 13.3 Å². The van der Waals surface area contributed by atoms with Gasteiger partial charge in [0, 0.05) is 19.0 Å². The Labute approximate surface area is 115 Å². The quantitative estimate of drug-likeness (QED) is 0.824. The summed E-state index contributed by atoms with van der Waals surface area (Å²) in [4.78, 5) is 14.6. The third-order valence-electron chi connectivity index (χ3n) is 2.62. The molecule has 0 aliphatic rings. The molecule has 0 amide bonds. The number of carbonyl (C=O) groups is 1. The van der Waals surface area contributed by atoms with E-state index in [9.17, 15) is 4.79 Å². The van der Waals surface area contributed by atoms with E-state index in [4.69, 9.17) is 21.4 Å². The van der Waals surface area contributed by atoms with Crippen LogP contribution in [0.2, 0.25) is 5.15 Å². The maximum absolute atomic E-state index is 10.5. The van der Waals surface area contributed by atoms with Crippen molar-refractivity contribution < 1.29 is 14.6 Å². The number of carboxylic acids is 1. The predicted octanol–water partition coefficient (Wildman–Crippen LogP) is 2.35. The van der Waals surface area contributed by atoms with E-state index in [1.54, 1.807) is 16.9 Å². The molecule has 0 fully saturated rings. The van der Waals surface area contributed by atoms with E-state index < -0.39 is 5.97 Å². The molecule has 19 heavy (non-hydrogen) atoms. The molecule has 0 unspecified atom stereocenters. The highest BCUT2D eigenvalue weighted by Crippen LogP contribution is 2.26. The Balaban J connectivity index is 2.28. The zero-order valence-electron chi connectivity index (χ0n) is 10.5. The van der Waals surface area contributed by atoms with Gasteiger partial charge in [-0.2, -0.15) is 5.10 Å². The Morgan fingerprint density at radius 3 is 3.05 bits per heavy atom. The fraction of sp³-hybridized carbons (Fsp3) is 0.417. The van der Waals surface area contributed by atoms with Crippen LogP contribution in [0.1, 0.15) is 19.8 Å². The van der Waals surface area contributed by atoms with Crippen LogP contribution in [-0.4, -0.2) is 32.4 Å². The number of fused-ring (bicyclic) bond motifs is 1. The Hall–Kier alpha value is -1.82. The minimum Gasteiger partial charge on any atom is -0.481 e. The van der Waals surface area contributed by atoms with E-state index in [1.807, 2.05) is 6.92 Å². The topological polar surface area (TPSA) is 77.2 Å². The molecule has 0 radical (unpaired) electrons. The Bertz CT molecular complexity index is 597. The predicted molar refractivity (Wildman–Crippen MR) is 70.6 cm³/mol. The first-order chi connectivity index (χ1) is 9.11. The fourth-order valence-electron chi connectivity index (χ4n) is 1.82. The first-order valence-electron chi connectivity index (χ1n) is 5.98. The normalized spacial score (nSPS) is 10.8. The molecule has 0 spiro atoms. The summed E-state index contributed by atoms with van der Waals surface area (Å²) < 4.78 is 7.13. The summed E-state index contributed by atoms with van der Waals surface area (Å²) in [6.07, 6.45) is 2.28. The minimum atomic E-state index is -0.814. The molecule has 2 rings (SSSR count). The van der Waals surface area contributed by atoms with Gasteiger partial charge in [-0.25, -0.2) is 4.98 Å². The lowest BCUT2D eigenvalue weighted by molar-refractivity contribution is -0.137. The summed E-state index contributed by atoms with van der Waals surface area (Å²) in [5.41, 5.74) is 0.800. The maximum atomic E-state index is 10.5. The third-order valence-corrected chi connectivity index (χ3v) is 2.81. The van der Waals surface area contributed by atoms with Gasteiger partial charge in [-0.15, -0.1) is 0 Å². The molecule has 0 bridgehead atoms. The number of halogens is 1. The summed E-state index contributed by atoms with van der Waals surface area (Å²) >= 11 is 5.95. The van der Waals surface area contributed by atoms with Crippen LogP contribution in [0.15, 0.2) is 12.3 Å². The number of aromatic nitrogens is 3. The van der Waals surface area contributed by atoms with Crippen LogP contribution in [0.5, 0.6) is 5.88 Å². The second kappa shape index (κ2) is 5.88. The van der Waals surface area contributed by atoms with Crippen molar-refractivity contribution in [2.75, 3.05) is 6.61 Å². The molecule has 7 heteroatoms. The number of rotatable bonds is 6. The van der Waals surface area contributed by atoms with Crippen molar-refractivity contribution in [2.24, 2.45) is 0 Å². The van der Waals surface area contributed by atoms with Gasteiger partial charge in [-0.3, -0.25) is 9.48 Å². The van der Waals surface area contributed by atoms with Gasteiger partial charge in [0.1, 0.15) is 5.15 Å². The van der Waals surface area contributed by atoms with Gasteiger partial charge >= 0.3 is 5.97 Å². The van der Waals surface area contributed by atoms with E-state index in [0.29, 0.717) is 30.6 Å². The maximum Gasteiger partial charge on any atom is 0.303 e. The molecule has 6 nitrogen and oxygen atoms in total. The van der Waals surface area contributed by atoms with Gasteiger partial charge in [0.25, 0.3) is 0 Å². The van der Waals surface area contributed by atoms with E-state index >= 15 is 0 Å². The van der Waals surface area contributed by atoms with Crippen LogP contribution < -0.4 is 4.74 Å². The monoisotopic (exact) mass is 283 g/mol. The zero-order valence-corrected chi connectivity index (χ0v) is 11.2. The number of ether oxygens (including phenoxy) is 1. The molecule has 0 saturated heterocycles. The summed E-state index contributed by atoms with van der Waals surface area (Å²) in [6.45, 7) is 2.88. The number of aliphatic carboxylic acids is 1. The highest BCUT2D eigenvalue weighted by molar-refractivity contribution is 6.30. The molecule has 0 atom stereocenters. The lowest BCUT2D eigenvalue weighted by Gasteiger charge is -2.06. The highest BCUT2D eigenvalue weighted by atomic mass is 35.5. The molecule has 1 N–H and O–H groups in total. The molecule has 102 valence electrons. The molecular formula is C12H14ClN3O3. The summed E-state index contributed by atoms with van der Waals surface area (Å²) in [6, 6.07) is 1.70. The molecule has 2 aromatic rings. The lowest BCUT2D eigenvalue weighted by Crippen LogP contribution is -2.03. The van der Waals surface area contributed by atoms with Crippen molar-refractivity contribution >= 4 is 28.5 Å². The Morgan fingerprint density at radius 1 is 1.58 bits per heavy atom. The third kappa shape index (κ3) is 3.14. The average Bonchev–Trinajstić information content (AvgIpc) is 2.72. The number of pyridine rings is 1. The largest absolute Gasteiger partial charge is 0.481 e. The van der Waals surface area contributed by atoms with Gasteiger partial charge in [-0.1, -0.05) is 11.6 Å². The lowest BCUT2D eigenvalue weighted by atomic mass is 10.3. The second-order valence-electron chi connectivity index (χ2n) is 3.98. The Kier molecular flexibility index (Phi) is 4.21. The van der Waals surface area contributed by atoms with E-state index in [-0.39, 0.29) is 6.42 Å². The number of nitrogens with zero attached hydrogens (tertiary/aromatic N) is 3. The highest BCUT2D eigenvalue weighted by Gasteiger charge is 2.11. The number of aryl methyl sites for hydroxylation is 1. The van der Waals surface area contributed by atoms with E-state index in [1.165, 1.54) is 0 Å². The first-order valence-corrected chi connectivity index (χ1v) is 6.36. The van der Waals surface area contributed by atoms with Crippen LogP contribution >= 0.6 is 11.6 Å². The van der Waals surface area contributed by atoms with Crippen LogP contribution in [0, 0.1) is 0 Å². The minimum absolute atomic E-state index is 0.110. The molecular weight excluding hydrogens is 270 g/mol. The van der Waals surface area contributed by atoms with E-state index in [2.05, 4.69) is 10.1 Å². The average molecular weight is 284 g/mol. The van der Waals surface area contributed by atoms with Gasteiger partial charge in [0.2, 0.25) is 5.88 Å². The van der Waals surface area contributed by atoms with Crippen molar-refractivity contribution in [3.63, 3.8) is 0 Å². The van der Waals surface area contributed by atoms with Crippen molar-refractivity contribution in [1.82, 2.24) is 14.8 Å². The fourth-order valence-corrected chi connectivity index (χ4v) is 2.00. The number of hydrogen-bond acceptors (Lipinski definition) is 4. The van der Waals surface area contributed by atoms with Crippen molar-refractivity contribution in [3.8, 4) is 5.88 Å².